The highest BCUT2D eigenvalue weighted by molar-refractivity contribution is 5.97. The lowest BCUT2D eigenvalue weighted by molar-refractivity contribution is 0.0958. The Kier molecular flexibility index (Phi) is 3.93. The van der Waals surface area contributed by atoms with E-state index < -0.39 is 5.82 Å². The van der Waals surface area contributed by atoms with Crippen LogP contribution in [0.1, 0.15) is 10.4 Å². The first-order valence-electron chi connectivity index (χ1n) is 6.90. The fraction of sp³-hybridized carbons (Fsp3) is 0.0588. The molecule has 0 bridgehead atoms. The van der Waals surface area contributed by atoms with Crippen molar-refractivity contribution in [2.24, 2.45) is 0 Å². The Labute approximate surface area is 132 Å². The van der Waals surface area contributed by atoms with Crippen molar-refractivity contribution in [2.45, 2.75) is 0 Å². The molecular formula is C17H13FN4O. The van der Waals surface area contributed by atoms with E-state index >= 15 is 0 Å². The van der Waals surface area contributed by atoms with Gasteiger partial charge in [-0.3, -0.25) is 4.79 Å². The van der Waals surface area contributed by atoms with Crippen molar-refractivity contribution in [2.75, 3.05) is 6.54 Å². The van der Waals surface area contributed by atoms with E-state index in [-0.39, 0.29) is 18.1 Å². The van der Waals surface area contributed by atoms with Gasteiger partial charge in [-0.25, -0.2) is 9.07 Å². The second-order valence-electron chi connectivity index (χ2n) is 4.72. The van der Waals surface area contributed by atoms with Gasteiger partial charge in [-0.15, -0.1) is 6.42 Å². The lowest BCUT2D eigenvalue weighted by Gasteiger charge is -2.11. The summed E-state index contributed by atoms with van der Waals surface area (Å²) in [6, 6.07) is 9.85. The van der Waals surface area contributed by atoms with Crippen LogP contribution in [-0.4, -0.2) is 26.8 Å². The van der Waals surface area contributed by atoms with E-state index in [2.05, 4.69) is 16.3 Å². The molecule has 2 heterocycles. The summed E-state index contributed by atoms with van der Waals surface area (Å²) in [5, 5.41) is 6.77. The number of nitrogens with one attached hydrogen (secondary N) is 1. The molecule has 2 aromatic heterocycles. The number of hydrogen-bond acceptors (Lipinski definition) is 2. The number of benzene rings is 1. The number of carbonyl (C=O) groups is 1. The maximum atomic E-state index is 14.1. The van der Waals surface area contributed by atoms with E-state index in [1.807, 2.05) is 12.1 Å². The van der Waals surface area contributed by atoms with Crippen LogP contribution in [0.25, 0.3) is 11.5 Å². The van der Waals surface area contributed by atoms with E-state index in [9.17, 15) is 9.18 Å². The van der Waals surface area contributed by atoms with Crippen LogP contribution in [0.3, 0.4) is 0 Å². The number of carbonyl (C=O) groups excluding carboxylic acids is 1. The first-order chi connectivity index (χ1) is 11.2. The van der Waals surface area contributed by atoms with Crippen molar-refractivity contribution in [3.63, 3.8) is 0 Å². The molecule has 3 aromatic rings. The van der Waals surface area contributed by atoms with Crippen LogP contribution in [0.5, 0.6) is 0 Å². The van der Waals surface area contributed by atoms with Gasteiger partial charge in [-0.05, 0) is 24.3 Å². The summed E-state index contributed by atoms with van der Waals surface area (Å²) in [7, 11) is 0. The first-order valence-corrected chi connectivity index (χ1v) is 6.90. The minimum Gasteiger partial charge on any atom is -0.341 e. The van der Waals surface area contributed by atoms with Crippen LogP contribution in [0.15, 0.2) is 55.0 Å². The normalized spacial score (nSPS) is 10.3. The van der Waals surface area contributed by atoms with Crippen LogP contribution >= 0.6 is 0 Å². The van der Waals surface area contributed by atoms with Crippen molar-refractivity contribution in [1.29, 1.82) is 0 Å². The zero-order chi connectivity index (χ0) is 16.2. The fourth-order valence-corrected chi connectivity index (χ4v) is 2.25. The van der Waals surface area contributed by atoms with E-state index in [0.29, 0.717) is 11.4 Å². The third-order valence-corrected chi connectivity index (χ3v) is 3.27. The predicted molar refractivity (Wildman–Crippen MR) is 84.0 cm³/mol. The molecule has 0 radical (unpaired) electrons. The number of terminal acetylenes is 1. The lowest BCUT2D eigenvalue weighted by Crippen LogP contribution is -2.24. The number of amides is 1. The Morgan fingerprint density at radius 1 is 1.26 bits per heavy atom. The fourth-order valence-electron chi connectivity index (χ4n) is 2.25. The SMILES string of the molecule is C#CCNC(=O)c1cnn(-c2ccccc2F)c1-n1cccc1. The summed E-state index contributed by atoms with van der Waals surface area (Å²) in [6.07, 6.45) is 10.1. The first kappa shape index (κ1) is 14.6. The molecule has 3 rings (SSSR count). The van der Waals surface area contributed by atoms with Gasteiger partial charge in [0.05, 0.1) is 12.7 Å². The standard InChI is InChI=1S/C17H13FN4O/c1-2-9-19-16(23)13-12-20-22(15-8-4-3-7-14(15)18)17(13)21-10-5-6-11-21/h1,3-8,10-12H,9H2,(H,19,23). The Hall–Kier alpha value is -3.33. The van der Waals surface area contributed by atoms with Gasteiger partial charge >= 0.3 is 0 Å². The molecule has 0 aliphatic carbocycles. The largest absolute Gasteiger partial charge is 0.341 e. The summed E-state index contributed by atoms with van der Waals surface area (Å²) in [5.41, 5.74) is 0.562. The summed E-state index contributed by atoms with van der Waals surface area (Å²) in [4.78, 5) is 12.3. The molecule has 0 aliphatic heterocycles. The number of aromatic nitrogens is 3. The van der Waals surface area contributed by atoms with Crippen molar-refractivity contribution < 1.29 is 9.18 Å². The van der Waals surface area contributed by atoms with Gasteiger partial charge in [0.15, 0.2) is 5.82 Å². The maximum absolute atomic E-state index is 14.1. The molecule has 1 N–H and O–H groups in total. The number of rotatable bonds is 4. The number of halogens is 1. The van der Waals surface area contributed by atoms with Crippen molar-refractivity contribution >= 4 is 5.91 Å². The van der Waals surface area contributed by atoms with E-state index in [4.69, 9.17) is 6.42 Å². The van der Waals surface area contributed by atoms with E-state index in [0.717, 1.165) is 0 Å². The summed E-state index contributed by atoms with van der Waals surface area (Å²) in [6.45, 7) is 0.106. The molecule has 0 atom stereocenters. The molecule has 5 nitrogen and oxygen atoms in total. The highest BCUT2D eigenvalue weighted by Gasteiger charge is 2.20. The number of nitrogens with zero attached hydrogens (tertiary/aromatic N) is 3. The third-order valence-electron chi connectivity index (χ3n) is 3.27. The highest BCUT2D eigenvalue weighted by atomic mass is 19.1. The van der Waals surface area contributed by atoms with Crippen LogP contribution < -0.4 is 5.32 Å². The quantitative estimate of drug-likeness (QED) is 0.751. The van der Waals surface area contributed by atoms with Crippen LogP contribution in [-0.2, 0) is 0 Å². The predicted octanol–water partition coefficient (Wildman–Crippen LogP) is 2.17. The molecule has 23 heavy (non-hydrogen) atoms. The summed E-state index contributed by atoms with van der Waals surface area (Å²) < 4.78 is 17.2. The zero-order valence-corrected chi connectivity index (χ0v) is 12.1. The molecule has 114 valence electrons. The molecule has 1 amide bonds. The average Bonchev–Trinajstić information content (AvgIpc) is 3.21. The number of para-hydroxylation sites is 1. The second kappa shape index (κ2) is 6.20. The van der Waals surface area contributed by atoms with Gasteiger partial charge in [-0.1, -0.05) is 18.1 Å². The Balaban J connectivity index is 2.15. The zero-order valence-electron chi connectivity index (χ0n) is 12.1. The Morgan fingerprint density at radius 2 is 2.00 bits per heavy atom. The van der Waals surface area contributed by atoms with E-state index in [1.54, 1.807) is 35.2 Å². The lowest BCUT2D eigenvalue weighted by atomic mass is 10.2. The molecule has 1 aromatic carbocycles. The average molecular weight is 308 g/mol. The highest BCUT2D eigenvalue weighted by Crippen LogP contribution is 2.21. The molecule has 0 unspecified atom stereocenters. The van der Waals surface area contributed by atoms with E-state index in [1.165, 1.54) is 16.9 Å². The third kappa shape index (κ3) is 2.72. The number of hydrogen-bond donors (Lipinski definition) is 1. The molecule has 6 heteroatoms. The molecular weight excluding hydrogens is 295 g/mol. The van der Waals surface area contributed by atoms with Crippen molar-refractivity contribution in [3.8, 4) is 23.8 Å². The van der Waals surface area contributed by atoms with Crippen molar-refractivity contribution in [3.05, 3.63) is 66.4 Å². The van der Waals surface area contributed by atoms with Gasteiger partial charge < -0.3 is 9.88 Å². The van der Waals surface area contributed by atoms with Gasteiger partial charge in [0, 0.05) is 12.4 Å². The molecule has 0 fully saturated rings. The topological polar surface area (TPSA) is 51.9 Å². The Bertz CT molecular complexity index is 874. The summed E-state index contributed by atoms with van der Waals surface area (Å²) in [5.74, 6) is 1.99. The second-order valence-corrected chi connectivity index (χ2v) is 4.72. The van der Waals surface area contributed by atoms with Gasteiger partial charge in [-0.2, -0.15) is 5.10 Å². The molecule has 0 saturated carbocycles. The van der Waals surface area contributed by atoms with Gasteiger partial charge in [0.2, 0.25) is 0 Å². The summed E-state index contributed by atoms with van der Waals surface area (Å²) >= 11 is 0. The molecule has 0 aliphatic rings. The van der Waals surface area contributed by atoms with Crippen LogP contribution in [0, 0.1) is 18.2 Å². The molecule has 0 spiro atoms. The van der Waals surface area contributed by atoms with Gasteiger partial charge in [0.1, 0.15) is 17.1 Å². The Morgan fingerprint density at radius 3 is 2.70 bits per heavy atom. The molecule has 0 saturated heterocycles. The maximum Gasteiger partial charge on any atom is 0.257 e. The monoisotopic (exact) mass is 308 g/mol. The van der Waals surface area contributed by atoms with Crippen LogP contribution in [0.2, 0.25) is 0 Å². The minimum atomic E-state index is -0.431. The van der Waals surface area contributed by atoms with Crippen LogP contribution in [0.4, 0.5) is 4.39 Å². The smallest absolute Gasteiger partial charge is 0.257 e. The van der Waals surface area contributed by atoms with Crippen molar-refractivity contribution in [1.82, 2.24) is 19.7 Å². The minimum absolute atomic E-state index is 0.106. The van der Waals surface area contributed by atoms with Gasteiger partial charge in [0.25, 0.3) is 5.91 Å².